The first kappa shape index (κ1) is 17.0. The van der Waals surface area contributed by atoms with E-state index in [1.54, 1.807) is 0 Å². The average molecular weight is 330 g/mol. The minimum Gasteiger partial charge on any atom is -0.493 e. The van der Waals surface area contributed by atoms with E-state index < -0.39 is 5.97 Å². The van der Waals surface area contributed by atoms with Gasteiger partial charge in [0.05, 0.1) is 18.8 Å². The number of hydrogen-bond donors (Lipinski definition) is 1. The SMILES string of the molecule is O=C(O)CCCC=CC[C@@H]1[C@H](COc2ccccc2)[C@@H]2CC[C@H]1O2. The van der Waals surface area contributed by atoms with Crippen molar-refractivity contribution >= 4 is 5.97 Å². The van der Waals surface area contributed by atoms with E-state index in [1.807, 2.05) is 30.3 Å². The molecule has 0 saturated carbocycles. The predicted octanol–water partition coefficient (Wildman–Crippen LogP) is 4.06. The highest BCUT2D eigenvalue weighted by Gasteiger charge is 2.48. The summed E-state index contributed by atoms with van der Waals surface area (Å²) < 4.78 is 12.1. The molecule has 2 bridgehead atoms. The third-order valence-corrected chi connectivity index (χ3v) is 5.11. The molecule has 0 unspecified atom stereocenters. The van der Waals surface area contributed by atoms with Gasteiger partial charge in [-0.2, -0.15) is 0 Å². The number of carboxylic acid groups (broad SMARTS) is 1. The number of unbranched alkanes of at least 4 members (excludes halogenated alkanes) is 1. The standard InChI is InChI=1S/C20H26O4/c21-20(22)11-7-2-1-6-10-16-17(19-13-12-18(16)24-19)14-23-15-8-4-3-5-9-15/h1,3-6,8-9,16-19H,2,7,10-14H2,(H,21,22)/t16-,17+,18-,19+/m1/s1. The predicted molar refractivity (Wildman–Crippen MR) is 92.1 cm³/mol. The number of allylic oxidation sites excluding steroid dienone is 2. The Balaban J connectivity index is 1.47. The summed E-state index contributed by atoms with van der Waals surface area (Å²) in [7, 11) is 0. The van der Waals surface area contributed by atoms with Gasteiger partial charge >= 0.3 is 5.97 Å². The summed E-state index contributed by atoms with van der Waals surface area (Å²) in [4.78, 5) is 10.5. The molecule has 4 heteroatoms. The highest BCUT2D eigenvalue weighted by molar-refractivity contribution is 5.66. The zero-order valence-corrected chi connectivity index (χ0v) is 14.0. The van der Waals surface area contributed by atoms with Gasteiger partial charge in [0.1, 0.15) is 5.75 Å². The number of para-hydroxylation sites is 1. The molecule has 130 valence electrons. The molecule has 0 aliphatic carbocycles. The van der Waals surface area contributed by atoms with Gasteiger partial charge < -0.3 is 14.6 Å². The van der Waals surface area contributed by atoms with Crippen LogP contribution in [0.1, 0.15) is 38.5 Å². The number of fused-ring (bicyclic) bond motifs is 2. The lowest BCUT2D eigenvalue weighted by atomic mass is 9.78. The monoisotopic (exact) mass is 330 g/mol. The van der Waals surface area contributed by atoms with Gasteiger partial charge in [-0.15, -0.1) is 0 Å². The molecule has 2 fully saturated rings. The van der Waals surface area contributed by atoms with Crippen LogP contribution in [0.3, 0.4) is 0 Å². The molecule has 2 aliphatic heterocycles. The van der Waals surface area contributed by atoms with E-state index in [-0.39, 0.29) is 6.42 Å². The zero-order chi connectivity index (χ0) is 16.8. The van der Waals surface area contributed by atoms with Crippen molar-refractivity contribution in [2.45, 2.75) is 50.7 Å². The summed E-state index contributed by atoms with van der Waals surface area (Å²) in [6, 6.07) is 9.95. The van der Waals surface area contributed by atoms with Crippen LogP contribution in [-0.4, -0.2) is 29.9 Å². The third kappa shape index (κ3) is 4.38. The van der Waals surface area contributed by atoms with E-state index in [1.165, 1.54) is 0 Å². The Morgan fingerprint density at radius 2 is 1.92 bits per heavy atom. The minimum absolute atomic E-state index is 0.245. The summed E-state index contributed by atoms with van der Waals surface area (Å²) in [5.74, 6) is 1.17. The number of rotatable bonds is 9. The quantitative estimate of drug-likeness (QED) is 0.548. The van der Waals surface area contributed by atoms with Crippen molar-refractivity contribution in [2.75, 3.05) is 6.61 Å². The summed E-state index contributed by atoms with van der Waals surface area (Å²) >= 11 is 0. The van der Waals surface area contributed by atoms with Crippen LogP contribution in [0.5, 0.6) is 5.75 Å². The van der Waals surface area contributed by atoms with Crippen molar-refractivity contribution in [3.8, 4) is 5.75 Å². The first-order valence-electron chi connectivity index (χ1n) is 8.94. The van der Waals surface area contributed by atoms with Crippen LogP contribution in [0.4, 0.5) is 0 Å². The van der Waals surface area contributed by atoms with E-state index in [4.69, 9.17) is 14.6 Å². The fourth-order valence-corrected chi connectivity index (χ4v) is 3.88. The van der Waals surface area contributed by atoms with Crippen LogP contribution in [0.2, 0.25) is 0 Å². The van der Waals surface area contributed by atoms with E-state index in [0.717, 1.165) is 31.4 Å². The summed E-state index contributed by atoms with van der Waals surface area (Å²) in [5, 5.41) is 8.65. The molecule has 0 amide bonds. The van der Waals surface area contributed by atoms with Crippen LogP contribution in [0.25, 0.3) is 0 Å². The lowest BCUT2D eigenvalue weighted by molar-refractivity contribution is -0.137. The zero-order valence-electron chi connectivity index (χ0n) is 14.0. The maximum atomic E-state index is 10.5. The number of hydrogen-bond acceptors (Lipinski definition) is 3. The second-order valence-electron chi connectivity index (χ2n) is 6.74. The van der Waals surface area contributed by atoms with Crippen molar-refractivity contribution < 1.29 is 19.4 Å². The number of aliphatic carboxylic acids is 1. The number of ether oxygens (including phenoxy) is 2. The summed E-state index contributed by atoms with van der Waals surface area (Å²) in [6.45, 7) is 0.711. The van der Waals surface area contributed by atoms with Gasteiger partial charge in [0.2, 0.25) is 0 Å². The molecule has 0 aromatic heterocycles. The average Bonchev–Trinajstić information content (AvgIpc) is 3.18. The second kappa shape index (κ2) is 8.34. The molecule has 24 heavy (non-hydrogen) atoms. The van der Waals surface area contributed by atoms with Crippen molar-refractivity contribution in [1.82, 2.24) is 0 Å². The Kier molecular flexibility index (Phi) is 5.91. The smallest absolute Gasteiger partial charge is 0.303 e. The van der Waals surface area contributed by atoms with Gasteiger partial charge in [0.15, 0.2) is 0 Å². The van der Waals surface area contributed by atoms with Crippen LogP contribution in [0.15, 0.2) is 42.5 Å². The Morgan fingerprint density at radius 1 is 1.17 bits per heavy atom. The van der Waals surface area contributed by atoms with Crippen molar-refractivity contribution in [3.63, 3.8) is 0 Å². The van der Waals surface area contributed by atoms with E-state index in [0.29, 0.717) is 37.1 Å². The lowest BCUT2D eigenvalue weighted by Gasteiger charge is -2.27. The fraction of sp³-hybridized carbons (Fsp3) is 0.550. The van der Waals surface area contributed by atoms with Gasteiger partial charge in [-0.1, -0.05) is 30.4 Å². The fourth-order valence-electron chi connectivity index (χ4n) is 3.88. The van der Waals surface area contributed by atoms with Crippen LogP contribution >= 0.6 is 0 Å². The van der Waals surface area contributed by atoms with Crippen LogP contribution < -0.4 is 4.74 Å². The molecule has 1 N–H and O–H groups in total. The topological polar surface area (TPSA) is 55.8 Å². The molecule has 4 nitrogen and oxygen atoms in total. The molecular formula is C20H26O4. The second-order valence-corrected chi connectivity index (χ2v) is 6.74. The Morgan fingerprint density at radius 3 is 2.67 bits per heavy atom. The maximum absolute atomic E-state index is 10.5. The normalized spacial score (nSPS) is 28.5. The maximum Gasteiger partial charge on any atom is 0.303 e. The van der Waals surface area contributed by atoms with E-state index in [2.05, 4.69) is 12.2 Å². The Labute approximate surface area is 143 Å². The Hall–Kier alpha value is -1.81. The third-order valence-electron chi connectivity index (χ3n) is 5.11. The van der Waals surface area contributed by atoms with Crippen LogP contribution in [-0.2, 0) is 9.53 Å². The van der Waals surface area contributed by atoms with E-state index >= 15 is 0 Å². The first-order valence-corrected chi connectivity index (χ1v) is 8.94. The highest BCUT2D eigenvalue weighted by atomic mass is 16.5. The van der Waals surface area contributed by atoms with Crippen molar-refractivity contribution in [2.24, 2.45) is 11.8 Å². The summed E-state index contributed by atoms with van der Waals surface area (Å²) in [5.41, 5.74) is 0. The molecular weight excluding hydrogens is 304 g/mol. The molecule has 0 spiro atoms. The molecule has 2 heterocycles. The highest BCUT2D eigenvalue weighted by Crippen LogP contribution is 2.45. The first-order chi connectivity index (χ1) is 11.7. The minimum atomic E-state index is -0.719. The van der Waals surface area contributed by atoms with Crippen molar-refractivity contribution in [1.29, 1.82) is 0 Å². The molecule has 1 aromatic carbocycles. The molecule has 0 radical (unpaired) electrons. The molecule has 1 aromatic rings. The molecule has 2 aliphatic rings. The van der Waals surface area contributed by atoms with Gasteiger partial charge in [0.25, 0.3) is 0 Å². The number of carboxylic acids is 1. The van der Waals surface area contributed by atoms with Crippen molar-refractivity contribution in [3.05, 3.63) is 42.5 Å². The lowest BCUT2D eigenvalue weighted by Crippen LogP contribution is -2.31. The van der Waals surface area contributed by atoms with Gasteiger partial charge in [0, 0.05) is 12.3 Å². The molecule has 2 saturated heterocycles. The largest absolute Gasteiger partial charge is 0.493 e. The molecule has 4 atom stereocenters. The van der Waals surface area contributed by atoms with E-state index in [9.17, 15) is 4.79 Å². The number of benzene rings is 1. The Bertz CT molecular complexity index is 554. The van der Waals surface area contributed by atoms with Gasteiger partial charge in [-0.25, -0.2) is 0 Å². The summed E-state index contributed by atoms with van der Waals surface area (Å²) in [6.07, 6.45) is 10.1. The molecule has 3 rings (SSSR count). The van der Waals surface area contributed by atoms with Gasteiger partial charge in [-0.05, 0) is 50.2 Å². The van der Waals surface area contributed by atoms with Crippen LogP contribution in [0, 0.1) is 11.8 Å². The van der Waals surface area contributed by atoms with Gasteiger partial charge in [-0.3, -0.25) is 4.79 Å². The number of carbonyl (C=O) groups is 1.